The molecule has 6 heteroatoms. The van der Waals surface area contributed by atoms with E-state index < -0.39 is 0 Å². The lowest BCUT2D eigenvalue weighted by molar-refractivity contribution is 0.0937. The molecule has 0 saturated carbocycles. The lowest BCUT2D eigenvalue weighted by atomic mass is 10.1. The van der Waals surface area contributed by atoms with E-state index in [1.165, 1.54) is 0 Å². The maximum Gasteiger partial charge on any atom is 0.253 e. The van der Waals surface area contributed by atoms with E-state index in [-0.39, 0.29) is 11.9 Å². The van der Waals surface area contributed by atoms with Crippen LogP contribution in [0.25, 0.3) is 0 Å². The number of rotatable bonds is 5. The Morgan fingerprint density at radius 3 is 2.95 bits per heavy atom. The van der Waals surface area contributed by atoms with Crippen molar-refractivity contribution in [3.8, 4) is 0 Å². The summed E-state index contributed by atoms with van der Waals surface area (Å²) >= 11 is 5.95. The second-order valence-corrected chi connectivity index (χ2v) is 5.01. The summed E-state index contributed by atoms with van der Waals surface area (Å²) < 4.78 is 1.92. The number of carbonyl (C=O) groups is 1. The fourth-order valence-corrected chi connectivity index (χ4v) is 2.15. The largest absolute Gasteiger partial charge is 0.387 e. The molecule has 1 aromatic carbocycles. The van der Waals surface area contributed by atoms with E-state index in [4.69, 9.17) is 11.6 Å². The molecule has 0 radical (unpaired) electrons. The molecule has 2 rings (SSSR count). The normalized spacial score (nSPS) is 11.9. The smallest absolute Gasteiger partial charge is 0.253 e. The van der Waals surface area contributed by atoms with Gasteiger partial charge in [-0.15, -0.1) is 0 Å². The minimum atomic E-state index is -0.149. The molecule has 0 bridgehead atoms. The lowest BCUT2D eigenvalue weighted by Crippen LogP contribution is -2.35. The third-order valence-electron chi connectivity index (χ3n) is 2.92. The van der Waals surface area contributed by atoms with Gasteiger partial charge in [0.05, 0.1) is 11.9 Å². The number of amides is 1. The minimum Gasteiger partial charge on any atom is -0.387 e. The van der Waals surface area contributed by atoms with Gasteiger partial charge in [0.15, 0.2) is 0 Å². The van der Waals surface area contributed by atoms with Crippen molar-refractivity contribution in [2.45, 2.75) is 19.5 Å². The molecule has 2 aromatic rings. The summed E-state index contributed by atoms with van der Waals surface area (Å²) in [6.07, 6.45) is 5.30. The fraction of sp³-hybridized carbons (Fsp3) is 0.286. The summed E-state index contributed by atoms with van der Waals surface area (Å²) in [6, 6.07) is 5.18. The quantitative estimate of drug-likeness (QED) is 0.890. The molecule has 20 heavy (non-hydrogen) atoms. The number of benzene rings is 1. The number of hydrogen-bond donors (Lipinski definition) is 2. The highest BCUT2D eigenvalue weighted by atomic mass is 35.5. The van der Waals surface area contributed by atoms with Gasteiger partial charge in [-0.1, -0.05) is 11.6 Å². The van der Waals surface area contributed by atoms with E-state index in [1.54, 1.807) is 37.8 Å². The first kappa shape index (κ1) is 14.4. The maximum atomic E-state index is 12.3. The Bertz CT molecular complexity index is 583. The van der Waals surface area contributed by atoms with E-state index in [2.05, 4.69) is 15.6 Å². The second kappa shape index (κ2) is 6.43. The van der Waals surface area contributed by atoms with Gasteiger partial charge in [-0.3, -0.25) is 4.79 Å². The number of imidazole rings is 1. The van der Waals surface area contributed by atoms with E-state index in [0.29, 0.717) is 17.1 Å². The summed E-state index contributed by atoms with van der Waals surface area (Å²) in [5.74, 6) is -0.149. The molecule has 0 spiro atoms. The van der Waals surface area contributed by atoms with Gasteiger partial charge in [0.2, 0.25) is 0 Å². The van der Waals surface area contributed by atoms with E-state index in [0.717, 1.165) is 5.69 Å². The first-order chi connectivity index (χ1) is 9.60. The summed E-state index contributed by atoms with van der Waals surface area (Å²) in [5, 5.41) is 6.48. The van der Waals surface area contributed by atoms with Crippen LogP contribution < -0.4 is 10.6 Å². The molecule has 1 atom stereocenters. The average Bonchev–Trinajstić information content (AvgIpc) is 2.91. The summed E-state index contributed by atoms with van der Waals surface area (Å²) in [7, 11) is 1.77. The van der Waals surface area contributed by atoms with E-state index in [9.17, 15) is 4.79 Å². The molecule has 0 aliphatic rings. The maximum absolute atomic E-state index is 12.3. The zero-order valence-electron chi connectivity index (χ0n) is 11.4. The van der Waals surface area contributed by atoms with Gasteiger partial charge < -0.3 is 15.2 Å². The summed E-state index contributed by atoms with van der Waals surface area (Å²) in [4.78, 5) is 16.3. The first-order valence-electron chi connectivity index (χ1n) is 6.34. The molecule has 2 N–H and O–H groups in total. The van der Waals surface area contributed by atoms with Crippen LogP contribution in [0.1, 0.15) is 17.3 Å². The Balaban J connectivity index is 2.06. The van der Waals surface area contributed by atoms with Crippen molar-refractivity contribution >= 4 is 23.2 Å². The molecule has 1 amide bonds. The summed E-state index contributed by atoms with van der Waals surface area (Å²) in [5.41, 5.74) is 1.29. The van der Waals surface area contributed by atoms with Crippen LogP contribution in [-0.2, 0) is 6.54 Å². The lowest BCUT2D eigenvalue weighted by Gasteiger charge is -2.16. The third-order valence-corrected chi connectivity index (χ3v) is 3.15. The fourth-order valence-electron chi connectivity index (χ4n) is 1.98. The van der Waals surface area contributed by atoms with Crippen LogP contribution in [0.4, 0.5) is 5.69 Å². The van der Waals surface area contributed by atoms with Crippen molar-refractivity contribution < 1.29 is 4.79 Å². The van der Waals surface area contributed by atoms with Crippen LogP contribution in [0, 0.1) is 0 Å². The number of aromatic nitrogens is 2. The molecule has 0 saturated heterocycles. The van der Waals surface area contributed by atoms with Gasteiger partial charge in [0.25, 0.3) is 5.91 Å². The van der Waals surface area contributed by atoms with Crippen LogP contribution in [-0.4, -0.2) is 28.5 Å². The van der Waals surface area contributed by atoms with Crippen LogP contribution in [0.15, 0.2) is 36.9 Å². The van der Waals surface area contributed by atoms with Gasteiger partial charge >= 0.3 is 0 Å². The molecule has 1 aromatic heterocycles. The van der Waals surface area contributed by atoms with Gasteiger partial charge in [-0.2, -0.15) is 0 Å². The SMILES string of the molecule is CNc1ccc(Cl)cc1C(=O)NC(C)Cn1ccnc1. The van der Waals surface area contributed by atoms with Crippen LogP contribution in [0.3, 0.4) is 0 Å². The van der Waals surface area contributed by atoms with Gasteiger partial charge in [0.1, 0.15) is 0 Å². The van der Waals surface area contributed by atoms with Crippen molar-refractivity contribution in [2.75, 3.05) is 12.4 Å². The van der Waals surface area contributed by atoms with Gasteiger partial charge in [-0.25, -0.2) is 4.98 Å². The first-order valence-corrected chi connectivity index (χ1v) is 6.72. The molecule has 0 fully saturated rings. The Hall–Kier alpha value is -2.01. The highest BCUT2D eigenvalue weighted by molar-refractivity contribution is 6.31. The standard InChI is InChI=1S/C14H17ClN4O/c1-10(8-19-6-5-17-9-19)18-14(20)12-7-11(15)3-4-13(12)16-2/h3-7,9-10,16H,8H2,1-2H3,(H,18,20). The molecular formula is C14H17ClN4O. The van der Waals surface area contributed by atoms with Crippen molar-refractivity contribution in [1.82, 2.24) is 14.9 Å². The minimum absolute atomic E-state index is 0.0135. The second-order valence-electron chi connectivity index (χ2n) is 4.57. The molecule has 5 nitrogen and oxygen atoms in total. The van der Waals surface area contributed by atoms with E-state index in [1.807, 2.05) is 17.7 Å². The zero-order valence-corrected chi connectivity index (χ0v) is 12.2. The molecule has 1 heterocycles. The Morgan fingerprint density at radius 2 is 2.30 bits per heavy atom. The Morgan fingerprint density at radius 1 is 1.50 bits per heavy atom. The predicted octanol–water partition coefficient (Wildman–Crippen LogP) is 2.40. The van der Waals surface area contributed by atoms with Gasteiger partial charge in [0, 0.05) is 42.7 Å². The number of anilines is 1. The number of nitrogens with zero attached hydrogens (tertiary/aromatic N) is 2. The molecule has 0 aliphatic carbocycles. The van der Waals surface area contributed by atoms with Crippen molar-refractivity contribution in [3.63, 3.8) is 0 Å². The number of hydrogen-bond acceptors (Lipinski definition) is 3. The van der Waals surface area contributed by atoms with E-state index >= 15 is 0 Å². The van der Waals surface area contributed by atoms with Crippen molar-refractivity contribution in [1.29, 1.82) is 0 Å². The van der Waals surface area contributed by atoms with Crippen molar-refractivity contribution in [2.24, 2.45) is 0 Å². The average molecular weight is 293 g/mol. The third kappa shape index (κ3) is 3.51. The number of nitrogens with one attached hydrogen (secondary N) is 2. The molecular weight excluding hydrogens is 276 g/mol. The molecule has 1 unspecified atom stereocenters. The Kier molecular flexibility index (Phi) is 4.63. The predicted molar refractivity (Wildman–Crippen MR) is 80.2 cm³/mol. The molecule has 0 aliphatic heterocycles. The summed E-state index contributed by atoms with van der Waals surface area (Å²) in [6.45, 7) is 2.61. The van der Waals surface area contributed by atoms with Gasteiger partial charge in [-0.05, 0) is 25.1 Å². The number of halogens is 1. The van der Waals surface area contributed by atoms with Crippen LogP contribution >= 0.6 is 11.6 Å². The highest BCUT2D eigenvalue weighted by Crippen LogP contribution is 2.20. The Labute approximate surface area is 123 Å². The molecule has 106 valence electrons. The topological polar surface area (TPSA) is 59.0 Å². The number of carbonyl (C=O) groups excluding carboxylic acids is 1. The zero-order chi connectivity index (χ0) is 14.5. The monoisotopic (exact) mass is 292 g/mol. The van der Waals surface area contributed by atoms with Crippen molar-refractivity contribution in [3.05, 3.63) is 47.5 Å². The van der Waals surface area contributed by atoms with Crippen LogP contribution in [0.5, 0.6) is 0 Å². The van der Waals surface area contributed by atoms with Crippen LogP contribution in [0.2, 0.25) is 5.02 Å². The highest BCUT2D eigenvalue weighted by Gasteiger charge is 2.14.